The SMILES string of the molecule is O=C(OC(C(F)(F)F)C(F)(F)F)c1ccc([N+](=O)[O-])cc1. The predicted octanol–water partition coefficient (Wildman–Crippen LogP) is 3.24. The molecule has 11 heteroatoms. The molecule has 0 unspecified atom stereocenters. The van der Waals surface area contributed by atoms with E-state index in [1.807, 2.05) is 0 Å². The zero-order chi connectivity index (χ0) is 16.4. The molecule has 21 heavy (non-hydrogen) atoms. The number of nitrogens with zero attached hydrogens (tertiary/aromatic N) is 1. The van der Waals surface area contributed by atoms with Crippen LogP contribution in [0.1, 0.15) is 10.4 Å². The van der Waals surface area contributed by atoms with Crippen LogP contribution < -0.4 is 0 Å². The molecule has 0 aliphatic heterocycles. The van der Waals surface area contributed by atoms with Gasteiger partial charge in [0.15, 0.2) is 0 Å². The van der Waals surface area contributed by atoms with Crippen LogP contribution in [0.2, 0.25) is 0 Å². The van der Waals surface area contributed by atoms with Crippen LogP contribution in [0.5, 0.6) is 0 Å². The standard InChI is InChI=1S/C10H5F6NO4/c11-9(12,13)8(10(14,15)16)21-7(18)5-1-3-6(4-2-5)17(19)20/h1-4,8H. The Morgan fingerprint density at radius 3 is 1.81 bits per heavy atom. The van der Waals surface area contributed by atoms with E-state index < -0.39 is 40.6 Å². The van der Waals surface area contributed by atoms with E-state index in [4.69, 9.17) is 0 Å². The van der Waals surface area contributed by atoms with E-state index in [-0.39, 0.29) is 0 Å². The fourth-order valence-electron chi connectivity index (χ4n) is 1.21. The van der Waals surface area contributed by atoms with Gasteiger partial charge in [-0.2, -0.15) is 26.3 Å². The van der Waals surface area contributed by atoms with Crippen molar-refractivity contribution >= 4 is 11.7 Å². The third kappa shape index (κ3) is 4.33. The minimum absolute atomic E-state index is 0.491. The Labute approximate surface area is 112 Å². The van der Waals surface area contributed by atoms with Crippen molar-refractivity contribution in [2.45, 2.75) is 18.5 Å². The molecule has 0 heterocycles. The second-order valence-corrected chi connectivity index (χ2v) is 3.67. The van der Waals surface area contributed by atoms with Gasteiger partial charge in [0.1, 0.15) is 0 Å². The second kappa shape index (κ2) is 5.58. The fraction of sp³-hybridized carbons (Fsp3) is 0.300. The Morgan fingerprint density at radius 2 is 1.48 bits per heavy atom. The number of alkyl halides is 6. The van der Waals surface area contributed by atoms with Crippen LogP contribution in [0.4, 0.5) is 32.0 Å². The summed E-state index contributed by atoms with van der Waals surface area (Å²) >= 11 is 0. The summed E-state index contributed by atoms with van der Waals surface area (Å²) in [5.41, 5.74) is -1.17. The molecule has 0 aliphatic carbocycles. The van der Waals surface area contributed by atoms with Gasteiger partial charge in [-0.25, -0.2) is 4.79 Å². The molecule has 0 radical (unpaired) electrons. The average Bonchev–Trinajstić information content (AvgIpc) is 2.33. The number of rotatable bonds is 3. The molecule has 0 aromatic heterocycles. The van der Waals surface area contributed by atoms with Gasteiger partial charge in [-0.05, 0) is 12.1 Å². The zero-order valence-corrected chi connectivity index (χ0v) is 9.73. The van der Waals surface area contributed by atoms with Crippen molar-refractivity contribution in [1.29, 1.82) is 0 Å². The van der Waals surface area contributed by atoms with E-state index in [0.29, 0.717) is 12.1 Å². The average molecular weight is 317 g/mol. The van der Waals surface area contributed by atoms with Gasteiger partial charge in [0, 0.05) is 12.1 Å². The minimum Gasteiger partial charge on any atom is -0.439 e. The highest BCUT2D eigenvalue weighted by molar-refractivity contribution is 5.89. The molecule has 0 N–H and O–H groups in total. The van der Waals surface area contributed by atoms with Crippen LogP contribution >= 0.6 is 0 Å². The lowest BCUT2D eigenvalue weighted by atomic mass is 10.2. The normalized spacial score (nSPS) is 12.3. The summed E-state index contributed by atoms with van der Waals surface area (Å²) in [5, 5.41) is 10.3. The third-order valence-corrected chi connectivity index (χ3v) is 2.13. The van der Waals surface area contributed by atoms with Crippen molar-refractivity contribution in [2.75, 3.05) is 0 Å². The van der Waals surface area contributed by atoms with Crippen molar-refractivity contribution in [2.24, 2.45) is 0 Å². The summed E-state index contributed by atoms with van der Waals surface area (Å²) in [6, 6.07) is 2.86. The number of hydrogen-bond donors (Lipinski definition) is 0. The van der Waals surface area contributed by atoms with Crippen LogP contribution in [-0.4, -0.2) is 29.3 Å². The molecular formula is C10H5F6NO4. The zero-order valence-electron chi connectivity index (χ0n) is 9.73. The minimum atomic E-state index is -5.82. The number of ether oxygens (including phenoxy) is 1. The van der Waals surface area contributed by atoms with E-state index in [9.17, 15) is 41.3 Å². The molecule has 116 valence electrons. The molecule has 0 amide bonds. The highest BCUT2D eigenvalue weighted by Gasteiger charge is 2.59. The molecule has 0 spiro atoms. The van der Waals surface area contributed by atoms with Crippen LogP contribution in [-0.2, 0) is 4.74 Å². The Hall–Kier alpha value is -2.33. The number of esters is 1. The molecule has 1 aromatic rings. The maximum absolute atomic E-state index is 12.2. The second-order valence-electron chi connectivity index (χ2n) is 3.67. The molecule has 0 bridgehead atoms. The van der Waals surface area contributed by atoms with Crippen molar-refractivity contribution < 1.29 is 40.8 Å². The van der Waals surface area contributed by atoms with E-state index in [1.54, 1.807) is 0 Å². The highest BCUT2D eigenvalue weighted by Crippen LogP contribution is 2.36. The lowest BCUT2D eigenvalue weighted by Gasteiger charge is -2.22. The molecule has 5 nitrogen and oxygen atoms in total. The lowest BCUT2D eigenvalue weighted by molar-refractivity contribution is -0.384. The largest absolute Gasteiger partial charge is 0.439 e. The number of nitro groups is 1. The molecule has 0 saturated heterocycles. The van der Waals surface area contributed by atoms with Crippen molar-refractivity contribution in [3.05, 3.63) is 39.9 Å². The highest BCUT2D eigenvalue weighted by atomic mass is 19.4. The summed E-state index contributed by atoms with van der Waals surface area (Å²) in [4.78, 5) is 20.7. The molecule has 0 aliphatic rings. The summed E-state index contributed by atoms with van der Waals surface area (Å²) < 4.78 is 76.5. The first kappa shape index (κ1) is 16.7. The lowest BCUT2D eigenvalue weighted by Crippen LogP contribution is -2.45. The number of hydrogen-bond acceptors (Lipinski definition) is 4. The van der Waals surface area contributed by atoms with Crippen LogP contribution in [0.15, 0.2) is 24.3 Å². The van der Waals surface area contributed by atoms with Gasteiger partial charge in [0.05, 0.1) is 10.5 Å². The summed E-state index contributed by atoms with van der Waals surface area (Å²) in [7, 11) is 0. The maximum Gasteiger partial charge on any atom is 0.434 e. The Balaban J connectivity index is 2.95. The van der Waals surface area contributed by atoms with Crippen LogP contribution in [0, 0.1) is 10.1 Å². The van der Waals surface area contributed by atoms with Crippen molar-refractivity contribution in [1.82, 2.24) is 0 Å². The number of nitro benzene ring substituents is 1. The Kier molecular flexibility index (Phi) is 4.44. The maximum atomic E-state index is 12.2. The smallest absolute Gasteiger partial charge is 0.434 e. The third-order valence-electron chi connectivity index (χ3n) is 2.13. The Bertz CT molecular complexity index is 522. The van der Waals surface area contributed by atoms with Crippen molar-refractivity contribution in [3.63, 3.8) is 0 Å². The summed E-state index contributed by atoms with van der Waals surface area (Å²) in [6.45, 7) is 0. The first-order chi connectivity index (χ1) is 9.43. The monoisotopic (exact) mass is 317 g/mol. The topological polar surface area (TPSA) is 69.4 Å². The molecule has 1 aromatic carbocycles. The molecular weight excluding hydrogens is 312 g/mol. The number of non-ortho nitro benzene ring substituents is 1. The number of halogens is 6. The molecule has 0 saturated carbocycles. The number of benzene rings is 1. The van der Waals surface area contributed by atoms with E-state index in [0.717, 1.165) is 12.1 Å². The molecule has 0 atom stereocenters. The van der Waals surface area contributed by atoms with Gasteiger partial charge in [0.25, 0.3) is 11.8 Å². The van der Waals surface area contributed by atoms with Gasteiger partial charge in [0.2, 0.25) is 0 Å². The van der Waals surface area contributed by atoms with E-state index in [1.165, 1.54) is 0 Å². The van der Waals surface area contributed by atoms with E-state index in [2.05, 4.69) is 4.74 Å². The van der Waals surface area contributed by atoms with Gasteiger partial charge in [-0.15, -0.1) is 0 Å². The van der Waals surface area contributed by atoms with Gasteiger partial charge < -0.3 is 4.74 Å². The first-order valence-corrected chi connectivity index (χ1v) is 5.02. The summed E-state index contributed by atoms with van der Waals surface area (Å²) in [5.74, 6) is -1.90. The number of carbonyl (C=O) groups excluding carboxylic acids is 1. The van der Waals surface area contributed by atoms with E-state index >= 15 is 0 Å². The summed E-state index contributed by atoms with van der Waals surface area (Å²) in [6.07, 6.45) is -15.9. The fourth-order valence-corrected chi connectivity index (χ4v) is 1.21. The number of carbonyl (C=O) groups is 1. The quantitative estimate of drug-likeness (QED) is 0.371. The van der Waals surface area contributed by atoms with Crippen LogP contribution in [0.3, 0.4) is 0 Å². The molecule has 0 fully saturated rings. The first-order valence-electron chi connectivity index (χ1n) is 5.02. The van der Waals surface area contributed by atoms with Crippen molar-refractivity contribution in [3.8, 4) is 0 Å². The predicted molar refractivity (Wildman–Crippen MR) is 54.4 cm³/mol. The van der Waals surface area contributed by atoms with Gasteiger partial charge in [-0.1, -0.05) is 0 Å². The van der Waals surface area contributed by atoms with Gasteiger partial charge in [-0.3, -0.25) is 10.1 Å². The van der Waals surface area contributed by atoms with Gasteiger partial charge >= 0.3 is 18.3 Å². The Morgan fingerprint density at radius 1 is 1.05 bits per heavy atom. The molecule has 1 rings (SSSR count). The van der Waals surface area contributed by atoms with Crippen LogP contribution in [0.25, 0.3) is 0 Å².